The Morgan fingerprint density at radius 3 is 2.44 bits per heavy atom. The van der Waals surface area contributed by atoms with Gasteiger partial charge in [0, 0.05) is 30.0 Å². The van der Waals surface area contributed by atoms with Gasteiger partial charge in [-0.05, 0) is 42.0 Å². The van der Waals surface area contributed by atoms with Crippen LogP contribution in [-0.4, -0.2) is 36.0 Å². The molecule has 7 heteroatoms. The van der Waals surface area contributed by atoms with E-state index in [-0.39, 0.29) is 24.3 Å². The van der Waals surface area contributed by atoms with E-state index in [0.717, 1.165) is 19.9 Å². The molecule has 0 aromatic heterocycles. The molecule has 1 saturated carbocycles. The van der Waals surface area contributed by atoms with Gasteiger partial charge in [0.15, 0.2) is 0 Å². The fourth-order valence-electron chi connectivity index (χ4n) is 3.66. The molecule has 1 aliphatic heterocycles. The Bertz CT molecular complexity index is 931. The zero-order chi connectivity index (χ0) is 19.0. The Morgan fingerprint density at radius 1 is 1.04 bits per heavy atom. The number of halogens is 1. The topological polar surface area (TPSA) is 57.7 Å². The zero-order valence-electron chi connectivity index (χ0n) is 14.8. The van der Waals surface area contributed by atoms with Gasteiger partial charge < -0.3 is 0 Å². The first-order valence-corrected chi connectivity index (χ1v) is 11.3. The number of hydrogen-bond acceptors (Lipinski definition) is 3. The monoisotopic (exact) mass is 448 g/mol. The van der Waals surface area contributed by atoms with Crippen LogP contribution in [0.4, 0.5) is 0 Å². The first-order chi connectivity index (χ1) is 13.0. The molecule has 27 heavy (non-hydrogen) atoms. The number of carbonyl (C=O) groups excluding carboxylic acids is 1. The van der Waals surface area contributed by atoms with E-state index in [1.807, 2.05) is 54.6 Å². The van der Waals surface area contributed by atoms with Crippen LogP contribution >= 0.6 is 15.9 Å². The van der Waals surface area contributed by atoms with Gasteiger partial charge in [-0.25, -0.2) is 4.31 Å². The highest BCUT2D eigenvalue weighted by Gasteiger charge is 2.49. The van der Waals surface area contributed by atoms with E-state index in [4.69, 9.17) is 0 Å². The van der Waals surface area contributed by atoms with Gasteiger partial charge >= 0.3 is 10.2 Å². The second-order valence-electron chi connectivity index (χ2n) is 7.09. The van der Waals surface area contributed by atoms with Crippen molar-refractivity contribution in [1.82, 2.24) is 8.61 Å². The van der Waals surface area contributed by atoms with Gasteiger partial charge in [-0.1, -0.05) is 58.4 Å². The summed E-state index contributed by atoms with van der Waals surface area (Å²) in [6, 6.07) is 17.4. The number of nitrogens with zero attached hydrogens (tertiary/aromatic N) is 2. The second-order valence-corrected chi connectivity index (χ2v) is 9.86. The predicted molar refractivity (Wildman–Crippen MR) is 107 cm³/mol. The molecular formula is C20H21BrN2O3S. The van der Waals surface area contributed by atoms with Crippen molar-refractivity contribution >= 4 is 32.0 Å². The molecule has 0 spiro atoms. The van der Waals surface area contributed by atoms with Crippen LogP contribution in [0.15, 0.2) is 59.1 Å². The van der Waals surface area contributed by atoms with Crippen molar-refractivity contribution < 1.29 is 13.2 Å². The predicted octanol–water partition coefficient (Wildman–Crippen LogP) is 3.53. The lowest BCUT2D eigenvalue weighted by atomic mass is 10.1. The first-order valence-electron chi connectivity index (χ1n) is 9.08. The maximum Gasteiger partial charge on any atom is 0.306 e. The van der Waals surface area contributed by atoms with Crippen molar-refractivity contribution in [3.8, 4) is 0 Å². The molecular weight excluding hydrogens is 428 g/mol. The molecule has 2 fully saturated rings. The van der Waals surface area contributed by atoms with Crippen LogP contribution in [0.2, 0.25) is 0 Å². The fraction of sp³-hybridized carbons (Fsp3) is 0.350. The summed E-state index contributed by atoms with van der Waals surface area (Å²) in [5.74, 6) is -0.386. The highest BCUT2D eigenvalue weighted by Crippen LogP contribution is 2.49. The van der Waals surface area contributed by atoms with E-state index in [9.17, 15) is 13.2 Å². The highest BCUT2D eigenvalue weighted by atomic mass is 79.9. The molecule has 0 N–H and O–H groups in total. The van der Waals surface area contributed by atoms with Crippen LogP contribution in [0, 0.1) is 5.92 Å². The third-order valence-electron chi connectivity index (χ3n) is 5.23. The molecule has 2 aromatic carbocycles. The van der Waals surface area contributed by atoms with Crippen molar-refractivity contribution in [2.24, 2.45) is 5.92 Å². The Morgan fingerprint density at radius 2 is 1.74 bits per heavy atom. The average Bonchev–Trinajstić information content (AvgIpc) is 3.45. The molecule has 2 aliphatic rings. The molecule has 0 bridgehead atoms. The SMILES string of the molecule is O=C([C@@H]1C[C@H]1c1ccc(Br)cc1)N1CCCN(Cc2ccccc2)S1(=O)=O. The summed E-state index contributed by atoms with van der Waals surface area (Å²) >= 11 is 3.41. The summed E-state index contributed by atoms with van der Waals surface area (Å²) in [5.41, 5.74) is 2.02. The van der Waals surface area contributed by atoms with Crippen LogP contribution < -0.4 is 0 Å². The Hall–Kier alpha value is -1.70. The molecule has 2 atom stereocenters. The molecule has 1 heterocycles. The quantitative estimate of drug-likeness (QED) is 0.718. The van der Waals surface area contributed by atoms with Gasteiger partial charge in [0.05, 0.1) is 0 Å². The zero-order valence-corrected chi connectivity index (χ0v) is 17.2. The Labute approximate surface area is 168 Å². The second kappa shape index (κ2) is 7.37. The van der Waals surface area contributed by atoms with Gasteiger partial charge in [0.1, 0.15) is 0 Å². The molecule has 5 nitrogen and oxygen atoms in total. The van der Waals surface area contributed by atoms with Crippen molar-refractivity contribution in [3.05, 3.63) is 70.2 Å². The van der Waals surface area contributed by atoms with Crippen LogP contribution in [0.25, 0.3) is 0 Å². The largest absolute Gasteiger partial charge is 0.306 e. The molecule has 1 saturated heterocycles. The number of carbonyl (C=O) groups is 1. The van der Waals surface area contributed by atoms with Crippen molar-refractivity contribution in [1.29, 1.82) is 0 Å². The van der Waals surface area contributed by atoms with Crippen molar-refractivity contribution in [3.63, 3.8) is 0 Å². The van der Waals surface area contributed by atoms with E-state index < -0.39 is 10.2 Å². The first kappa shape index (κ1) is 18.7. The fourth-order valence-corrected chi connectivity index (χ4v) is 5.60. The minimum Gasteiger partial charge on any atom is -0.273 e. The van der Waals surface area contributed by atoms with E-state index in [1.54, 1.807) is 0 Å². The highest BCUT2D eigenvalue weighted by molar-refractivity contribution is 9.10. The number of hydrogen-bond donors (Lipinski definition) is 0. The molecule has 2 aromatic rings. The summed E-state index contributed by atoms with van der Waals surface area (Å²) in [5, 5.41) is 0. The van der Waals surface area contributed by atoms with Crippen LogP contribution in [0.3, 0.4) is 0 Å². The number of rotatable bonds is 4. The number of benzene rings is 2. The normalized spacial score (nSPS) is 24.6. The maximum atomic E-state index is 13.0. The lowest BCUT2D eigenvalue weighted by Gasteiger charge is -2.34. The van der Waals surface area contributed by atoms with E-state index >= 15 is 0 Å². The van der Waals surface area contributed by atoms with Gasteiger partial charge in [-0.15, -0.1) is 0 Å². The van der Waals surface area contributed by atoms with Crippen molar-refractivity contribution in [2.45, 2.75) is 25.3 Å². The minimum absolute atomic E-state index is 0.116. The third kappa shape index (κ3) is 3.81. The van der Waals surface area contributed by atoms with Gasteiger partial charge in [0.2, 0.25) is 5.91 Å². The standard InChI is InChI=1S/C20H21BrN2O3S/c21-17-9-7-16(8-10-17)18-13-19(18)20(24)23-12-4-11-22(27(23,25)26)14-15-5-2-1-3-6-15/h1-3,5-10,18-19H,4,11-14H2/t18-,19+/m0/s1. The van der Waals surface area contributed by atoms with Gasteiger partial charge in [0.25, 0.3) is 0 Å². The lowest BCUT2D eigenvalue weighted by Crippen LogP contribution is -2.52. The Balaban J connectivity index is 1.48. The molecule has 0 radical (unpaired) electrons. The molecule has 4 rings (SSSR count). The summed E-state index contributed by atoms with van der Waals surface area (Å²) < 4.78 is 29.5. The van der Waals surface area contributed by atoms with Crippen LogP contribution in [0.1, 0.15) is 29.9 Å². The molecule has 1 amide bonds. The minimum atomic E-state index is -3.77. The maximum absolute atomic E-state index is 13.0. The summed E-state index contributed by atoms with van der Waals surface area (Å²) in [6.45, 7) is 1.02. The number of amides is 1. The smallest absolute Gasteiger partial charge is 0.273 e. The molecule has 142 valence electrons. The van der Waals surface area contributed by atoms with Crippen LogP contribution in [0.5, 0.6) is 0 Å². The van der Waals surface area contributed by atoms with E-state index in [0.29, 0.717) is 25.9 Å². The molecule has 1 aliphatic carbocycles. The van der Waals surface area contributed by atoms with Crippen LogP contribution in [-0.2, 0) is 21.5 Å². The van der Waals surface area contributed by atoms with Gasteiger partial charge in [-0.3, -0.25) is 4.79 Å². The Kier molecular flexibility index (Phi) is 5.09. The van der Waals surface area contributed by atoms with Crippen molar-refractivity contribution in [2.75, 3.05) is 13.1 Å². The summed E-state index contributed by atoms with van der Waals surface area (Å²) in [7, 11) is -3.77. The van der Waals surface area contributed by atoms with Gasteiger partial charge in [-0.2, -0.15) is 12.7 Å². The average molecular weight is 449 g/mol. The lowest BCUT2D eigenvalue weighted by molar-refractivity contribution is -0.128. The van der Waals surface area contributed by atoms with E-state index in [2.05, 4.69) is 15.9 Å². The van der Waals surface area contributed by atoms with E-state index in [1.165, 1.54) is 4.31 Å². The summed E-state index contributed by atoms with van der Waals surface area (Å²) in [6.07, 6.45) is 1.37. The third-order valence-corrected chi connectivity index (χ3v) is 7.64. The molecule has 0 unspecified atom stereocenters. The summed E-state index contributed by atoms with van der Waals surface area (Å²) in [4.78, 5) is 12.9.